The Morgan fingerprint density at radius 1 is 1.35 bits per heavy atom. The lowest BCUT2D eigenvalue weighted by atomic mass is 10.0. The molecule has 0 fully saturated rings. The average Bonchev–Trinajstić information content (AvgIpc) is 2.24. The first-order valence-corrected chi connectivity index (χ1v) is 5.59. The van der Waals surface area contributed by atoms with Gasteiger partial charge in [0.2, 0.25) is 12.3 Å². The summed E-state index contributed by atoms with van der Waals surface area (Å²) in [7, 11) is 0. The van der Waals surface area contributed by atoms with Crippen molar-refractivity contribution in [1.29, 1.82) is 0 Å². The summed E-state index contributed by atoms with van der Waals surface area (Å²) < 4.78 is 0. The normalized spacial score (nSPS) is 9.82. The first kappa shape index (κ1) is 13.2. The van der Waals surface area contributed by atoms with Crippen LogP contribution < -0.4 is 10.6 Å². The zero-order valence-electron chi connectivity index (χ0n) is 10.5. The number of hydrogen-bond donors (Lipinski definition) is 2. The smallest absolute Gasteiger partial charge is 0.221 e. The predicted molar refractivity (Wildman–Crippen MR) is 68.0 cm³/mol. The van der Waals surface area contributed by atoms with Gasteiger partial charge in [0.05, 0.1) is 0 Å². The molecule has 0 heterocycles. The Labute approximate surface area is 101 Å². The van der Waals surface area contributed by atoms with Gasteiger partial charge in [0.15, 0.2) is 0 Å². The monoisotopic (exact) mass is 234 g/mol. The summed E-state index contributed by atoms with van der Waals surface area (Å²) in [5, 5.41) is 5.45. The minimum atomic E-state index is -0.0735. The number of hydrogen-bond acceptors (Lipinski definition) is 2. The highest BCUT2D eigenvalue weighted by atomic mass is 16.1. The number of nitrogens with one attached hydrogen (secondary N) is 2. The van der Waals surface area contributed by atoms with Crippen LogP contribution in [0.25, 0.3) is 0 Å². The molecule has 0 spiro atoms. The molecule has 0 bridgehead atoms. The van der Waals surface area contributed by atoms with Gasteiger partial charge in [0, 0.05) is 19.2 Å². The number of amides is 2. The second-order valence-corrected chi connectivity index (χ2v) is 4.10. The Kier molecular flexibility index (Phi) is 4.69. The SMILES string of the molecule is CC(=O)Nc1cc(C)cc(CCNC=O)c1C. The lowest BCUT2D eigenvalue weighted by molar-refractivity contribution is -0.114. The molecule has 0 aliphatic heterocycles. The molecule has 0 radical (unpaired) electrons. The summed E-state index contributed by atoms with van der Waals surface area (Å²) in [5.41, 5.74) is 4.14. The van der Waals surface area contributed by atoms with E-state index in [0.717, 1.165) is 28.8 Å². The second-order valence-electron chi connectivity index (χ2n) is 4.10. The summed E-state index contributed by atoms with van der Waals surface area (Å²) in [5.74, 6) is -0.0735. The van der Waals surface area contributed by atoms with Gasteiger partial charge in [-0.05, 0) is 43.0 Å². The van der Waals surface area contributed by atoms with E-state index in [9.17, 15) is 9.59 Å². The molecular weight excluding hydrogens is 216 g/mol. The van der Waals surface area contributed by atoms with Crippen LogP contribution in [0.5, 0.6) is 0 Å². The first-order valence-electron chi connectivity index (χ1n) is 5.59. The van der Waals surface area contributed by atoms with E-state index in [1.54, 1.807) is 0 Å². The number of rotatable bonds is 5. The maximum atomic E-state index is 11.1. The molecule has 2 N–H and O–H groups in total. The minimum Gasteiger partial charge on any atom is -0.358 e. The van der Waals surface area contributed by atoms with Gasteiger partial charge in [0.1, 0.15) is 0 Å². The van der Waals surface area contributed by atoms with Gasteiger partial charge in [-0.1, -0.05) is 6.07 Å². The highest BCUT2D eigenvalue weighted by Gasteiger charge is 2.06. The van der Waals surface area contributed by atoms with E-state index in [1.807, 2.05) is 19.9 Å². The summed E-state index contributed by atoms with van der Waals surface area (Å²) >= 11 is 0. The molecule has 0 saturated heterocycles. The van der Waals surface area contributed by atoms with Crippen LogP contribution in [0.4, 0.5) is 5.69 Å². The van der Waals surface area contributed by atoms with Crippen LogP contribution in [0.3, 0.4) is 0 Å². The molecule has 1 rings (SSSR count). The van der Waals surface area contributed by atoms with E-state index >= 15 is 0 Å². The zero-order valence-corrected chi connectivity index (χ0v) is 10.5. The van der Waals surface area contributed by atoms with Crippen molar-refractivity contribution >= 4 is 18.0 Å². The lowest BCUT2D eigenvalue weighted by Crippen LogP contribution is -2.15. The van der Waals surface area contributed by atoms with Gasteiger partial charge in [0.25, 0.3) is 0 Å². The van der Waals surface area contributed by atoms with E-state index in [1.165, 1.54) is 6.92 Å². The van der Waals surface area contributed by atoms with Crippen LogP contribution in [-0.2, 0) is 16.0 Å². The predicted octanol–water partition coefficient (Wildman–Crippen LogP) is 1.55. The van der Waals surface area contributed by atoms with Crippen molar-refractivity contribution in [3.8, 4) is 0 Å². The van der Waals surface area contributed by atoms with E-state index in [0.29, 0.717) is 13.0 Å². The molecule has 0 unspecified atom stereocenters. The minimum absolute atomic E-state index is 0.0735. The highest BCUT2D eigenvalue weighted by molar-refractivity contribution is 5.89. The van der Waals surface area contributed by atoms with Gasteiger partial charge < -0.3 is 10.6 Å². The number of benzene rings is 1. The van der Waals surface area contributed by atoms with Gasteiger partial charge in [-0.2, -0.15) is 0 Å². The van der Waals surface area contributed by atoms with Crippen LogP contribution in [0.1, 0.15) is 23.6 Å². The van der Waals surface area contributed by atoms with Gasteiger partial charge in [-0.25, -0.2) is 0 Å². The molecule has 4 heteroatoms. The maximum Gasteiger partial charge on any atom is 0.221 e. The third kappa shape index (κ3) is 3.90. The number of aryl methyl sites for hydroxylation is 1. The quantitative estimate of drug-likeness (QED) is 0.600. The second kappa shape index (κ2) is 6.03. The molecule has 0 aliphatic carbocycles. The Morgan fingerprint density at radius 3 is 2.65 bits per heavy atom. The Balaban J connectivity index is 2.92. The topological polar surface area (TPSA) is 58.2 Å². The van der Waals surface area contributed by atoms with Crippen LogP contribution >= 0.6 is 0 Å². The summed E-state index contributed by atoms with van der Waals surface area (Å²) in [6.07, 6.45) is 1.46. The Hall–Kier alpha value is -1.84. The fourth-order valence-corrected chi connectivity index (χ4v) is 1.78. The summed E-state index contributed by atoms with van der Waals surface area (Å²) in [6.45, 7) is 6.06. The number of anilines is 1. The van der Waals surface area contributed by atoms with Crippen molar-refractivity contribution in [2.75, 3.05) is 11.9 Å². The van der Waals surface area contributed by atoms with E-state index in [4.69, 9.17) is 0 Å². The van der Waals surface area contributed by atoms with Crippen molar-refractivity contribution in [2.45, 2.75) is 27.2 Å². The fraction of sp³-hybridized carbons (Fsp3) is 0.385. The molecule has 4 nitrogen and oxygen atoms in total. The average molecular weight is 234 g/mol. The van der Waals surface area contributed by atoms with E-state index in [-0.39, 0.29) is 5.91 Å². The van der Waals surface area contributed by atoms with Crippen molar-refractivity contribution in [2.24, 2.45) is 0 Å². The Morgan fingerprint density at radius 2 is 2.06 bits per heavy atom. The largest absolute Gasteiger partial charge is 0.358 e. The molecular formula is C13H18N2O2. The zero-order chi connectivity index (χ0) is 12.8. The molecule has 0 saturated carbocycles. The standard InChI is InChI=1S/C13H18N2O2/c1-9-6-12(4-5-14-8-16)10(2)13(7-9)15-11(3)17/h6-8H,4-5H2,1-3H3,(H,14,16)(H,15,17). The van der Waals surface area contributed by atoms with Crippen LogP contribution in [-0.4, -0.2) is 18.9 Å². The van der Waals surface area contributed by atoms with Crippen molar-refractivity contribution in [3.63, 3.8) is 0 Å². The maximum absolute atomic E-state index is 11.1. The third-order valence-corrected chi connectivity index (χ3v) is 2.59. The van der Waals surface area contributed by atoms with Gasteiger partial charge in [-0.15, -0.1) is 0 Å². The molecule has 17 heavy (non-hydrogen) atoms. The van der Waals surface area contributed by atoms with Crippen LogP contribution in [0.2, 0.25) is 0 Å². The van der Waals surface area contributed by atoms with Crippen LogP contribution in [0, 0.1) is 13.8 Å². The summed E-state index contributed by atoms with van der Waals surface area (Å²) in [4.78, 5) is 21.3. The molecule has 0 atom stereocenters. The molecule has 1 aromatic carbocycles. The molecule has 0 aromatic heterocycles. The third-order valence-electron chi connectivity index (χ3n) is 2.59. The molecule has 92 valence electrons. The molecule has 0 aliphatic rings. The fourth-order valence-electron chi connectivity index (χ4n) is 1.78. The summed E-state index contributed by atoms with van der Waals surface area (Å²) in [6, 6.07) is 4.03. The molecule has 1 aromatic rings. The van der Waals surface area contributed by atoms with Crippen molar-refractivity contribution in [1.82, 2.24) is 5.32 Å². The van der Waals surface area contributed by atoms with Crippen molar-refractivity contribution in [3.05, 3.63) is 28.8 Å². The first-order chi connectivity index (χ1) is 8.04. The van der Waals surface area contributed by atoms with E-state index in [2.05, 4.69) is 16.7 Å². The number of carbonyl (C=O) groups is 2. The van der Waals surface area contributed by atoms with E-state index < -0.39 is 0 Å². The van der Waals surface area contributed by atoms with Crippen molar-refractivity contribution < 1.29 is 9.59 Å². The van der Waals surface area contributed by atoms with Gasteiger partial charge >= 0.3 is 0 Å². The highest BCUT2D eigenvalue weighted by Crippen LogP contribution is 2.21. The number of carbonyl (C=O) groups excluding carboxylic acids is 2. The Bertz CT molecular complexity index is 428. The molecule has 2 amide bonds. The van der Waals surface area contributed by atoms with Gasteiger partial charge in [-0.3, -0.25) is 9.59 Å². The van der Waals surface area contributed by atoms with Crippen LogP contribution in [0.15, 0.2) is 12.1 Å². The lowest BCUT2D eigenvalue weighted by Gasteiger charge is -2.13.